The van der Waals surface area contributed by atoms with Gasteiger partial charge in [0, 0.05) is 45.2 Å². The molecule has 1 aromatic carbocycles. The Labute approximate surface area is 178 Å². The van der Waals surface area contributed by atoms with Gasteiger partial charge in [-0.1, -0.05) is 23.7 Å². The zero-order valence-electron chi connectivity index (χ0n) is 15.9. The van der Waals surface area contributed by atoms with E-state index in [4.69, 9.17) is 11.6 Å². The molecule has 0 saturated carbocycles. The Hall–Kier alpha value is -2.39. The molecule has 3 aromatic heterocycles. The van der Waals surface area contributed by atoms with Gasteiger partial charge >= 0.3 is 0 Å². The molecule has 0 aliphatic carbocycles. The lowest BCUT2D eigenvalue weighted by Gasteiger charge is -2.02. The third kappa shape index (κ3) is 5.57. The van der Waals surface area contributed by atoms with Crippen LogP contribution < -0.4 is 10.6 Å². The second-order valence-corrected chi connectivity index (χ2v) is 8.28. The fourth-order valence-electron chi connectivity index (χ4n) is 2.98. The highest BCUT2D eigenvalue weighted by Crippen LogP contribution is 2.24. The zero-order chi connectivity index (χ0) is 19.9. The maximum atomic E-state index is 6.34. The van der Waals surface area contributed by atoms with Gasteiger partial charge in [0.15, 0.2) is 0 Å². The monoisotopic (exact) mass is 427 g/mol. The molecule has 0 saturated heterocycles. The quantitative estimate of drug-likeness (QED) is 0.337. The van der Waals surface area contributed by atoms with E-state index in [1.807, 2.05) is 36.4 Å². The topological polar surface area (TPSA) is 91.4 Å². The molecule has 9 heteroatoms. The maximum absolute atomic E-state index is 6.34. The van der Waals surface area contributed by atoms with Crippen LogP contribution >= 0.6 is 22.9 Å². The van der Waals surface area contributed by atoms with Crippen molar-refractivity contribution in [3.63, 3.8) is 0 Å². The second kappa shape index (κ2) is 9.89. The maximum Gasteiger partial charge on any atom is 0.117 e. The summed E-state index contributed by atoms with van der Waals surface area (Å²) >= 11 is 7.89. The number of imidazole rings is 1. The number of H-pyrrole nitrogens is 1. The third-order valence-corrected chi connectivity index (χ3v) is 5.81. The van der Waals surface area contributed by atoms with Crippen LogP contribution in [-0.4, -0.2) is 38.2 Å². The van der Waals surface area contributed by atoms with Crippen molar-refractivity contribution in [1.82, 2.24) is 35.8 Å². The molecule has 4 rings (SSSR count). The number of nitrogens with zero attached hydrogens (tertiary/aromatic N) is 4. The molecule has 3 N–H and O–H groups in total. The Balaban J connectivity index is 1.17. The molecule has 0 unspecified atom stereocenters. The summed E-state index contributed by atoms with van der Waals surface area (Å²) in [7, 11) is 0. The van der Waals surface area contributed by atoms with E-state index in [1.165, 1.54) is 0 Å². The molecular weight excluding hydrogens is 406 g/mol. The standard InChI is InChI=1S/C20H22ClN7S/c21-20-17(13-23-12-14-4-3-9-24-28-14)27-19(29-20)8-11-22-10-7-18-25-15-5-1-2-6-16(15)26-18/h1-6,9,22-23H,7-8,10-13H2,(H,25,26). The van der Waals surface area contributed by atoms with Crippen LogP contribution in [0.1, 0.15) is 22.2 Å². The largest absolute Gasteiger partial charge is 0.342 e. The summed E-state index contributed by atoms with van der Waals surface area (Å²) in [5.41, 5.74) is 3.88. The first-order chi connectivity index (χ1) is 14.3. The van der Waals surface area contributed by atoms with Crippen LogP contribution in [-0.2, 0) is 25.9 Å². The lowest BCUT2D eigenvalue weighted by atomic mass is 10.3. The summed E-state index contributed by atoms with van der Waals surface area (Å²) in [4.78, 5) is 12.6. The summed E-state index contributed by atoms with van der Waals surface area (Å²) in [5.74, 6) is 1.01. The number of rotatable bonds is 10. The van der Waals surface area contributed by atoms with Crippen LogP contribution in [0.3, 0.4) is 0 Å². The third-order valence-electron chi connectivity index (χ3n) is 4.41. The molecule has 0 bridgehead atoms. The molecule has 0 radical (unpaired) electrons. The van der Waals surface area contributed by atoms with E-state index in [0.29, 0.717) is 13.1 Å². The summed E-state index contributed by atoms with van der Waals surface area (Å²) in [6.07, 6.45) is 3.39. The van der Waals surface area contributed by atoms with Crippen molar-refractivity contribution >= 4 is 34.0 Å². The molecule has 0 fully saturated rings. The average molecular weight is 428 g/mol. The highest BCUT2D eigenvalue weighted by atomic mass is 35.5. The van der Waals surface area contributed by atoms with Gasteiger partial charge in [-0.15, -0.1) is 11.3 Å². The van der Waals surface area contributed by atoms with Crippen molar-refractivity contribution in [3.05, 3.63) is 69.2 Å². The van der Waals surface area contributed by atoms with Crippen LogP contribution in [0.4, 0.5) is 0 Å². The van der Waals surface area contributed by atoms with Gasteiger partial charge < -0.3 is 15.6 Å². The van der Waals surface area contributed by atoms with Gasteiger partial charge in [-0.25, -0.2) is 9.97 Å². The normalized spacial score (nSPS) is 11.3. The number of fused-ring (bicyclic) bond motifs is 1. The van der Waals surface area contributed by atoms with Crippen molar-refractivity contribution in [1.29, 1.82) is 0 Å². The van der Waals surface area contributed by atoms with Crippen LogP contribution in [0.5, 0.6) is 0 Å². The lowest BCUT2D eigenvalue weighted by molar-refractivity contribution is 0.653. The van der Waals surface area contributed by atoms with E-state index in [1.54, 1.807) is 17.5 Å². The number of benzene rings is 1. The summed E-state index contributed by atoms with van der Waals surface area (Å²) in [6, 6.07) is 11.9. The first-order valence-corrected chi connectivity index (χ1v) is 10.7. The number of aromatic amines is 1. The number of nitrogens with one attached hydrogen (secondary N) is 3. The average Bonchev–Trinajstić information content (AvgIpc) is 3.31. The first-order valence-electron chi connectivity index (χ1n) is 9.53. The van der Waals surface area contributed by atoms with Crippen LogP contribution in [0.15, 0.2) is 42.6 Å². The van der Waals surface area contributed by atoms with Gasteiger partial charge in [-0.3, -0.25) is 0 Å². The van der Waals surface area contributed by atoms with E-state index >= 15 is 0 Å². The fourth-order valence-corrected chi connectivity index (χ4v) is 4.16. The number of halogens is 1. The second-order valence-electron chi connectivity index (χ2n) is 6.60. The van der Waals surface area contributed by atoms with Crippen molar-refractivity contribution in [2.24, 2.45) is 0 Å². The van der Waals surface area contributed by atoms with Crippen LogP contribution in [0.25, 0.3) is 11.0 Å². The Morgan fingerprint density at radius 2 is 1.86 bits per heavy atom. The van der Waals surface area contributed by atoms with E-state index in [-0.39, 0.29) is 0 Å². The molecule has 7 nitrogen and oxygen atoms in total. The molecule has 0 spiro atoms. The first kappa shape index (κ1) is 19.9. The molecule has 3 heterocycles. The van der Waals surface area contributed by atoms with Gasteiger partial charge in [-0.2, -0.15) is 10.2 Å². The van der Waals surface area contributed by atoms with E-state index in [0.717, 1.165) is 63.5 Å². The summed E-state index contributed by atoms with van der Waals surface area (Å²) in [5, 5.41) is 15.7. The molecule has 29 heavy (non-hydrogen) atoms. The molecule has 150 valence electrons. The molecule has 0 aliphatic rings. The zero-order valence-corrected chi connectivity index (χ0v) is 17.4. The highest BCUT2D eigenvalue weighted by molar-refractivity contribution is 7.16. The predicted octanol–water partition coefficient (Wildman–Crippen LogP) is 3.13. The number of hydrogen-bond donors (Lipinski definition) is 3. The van der Waals surface area contributed by atoms with Gasteiger partial charge in [0.25, 0.3) is 0 Å². The van der Waals surface area contributed by atoms with Crippen LogP contribution in [0.2, 0.25) is 4.34 Å². The van der Waals surface area contributed by atoms with Crippen molar-refractivity contribution in [2.75, 3.05) is 13.1 Å². The fraction of sp³-hybridized carbons (Fsp3) is 0.300. The predicted molar refractivity (Wildman–Crippen MR) is 116 cm³/mol. The lowest BCUT2D eigenvalue weighted by Crippen LogP contribution is -2.20. The molecule has 0 aliphatic heterocycles. The van der Waals surface area contributed by atoms with E-state index < -0.39 is 0 Å². The van der Waals surface area contributed by atoms with Crippen molar-refractivity contribution < 1.29 is 0 Å². The minimum atomic E-state index is 0.616. The smallest absolute Gasteiger partial charge is 0.117 e. The minimum absolute atomic E-state index is 0.616. The number of hydrogen-bond acceptors (Lipinski definition) is 7. The van der Waals surface area contributed by atoms with E-state index in [9.17, 15) is 0 Å². The van der Waals surface area contributed by atoms with Gasteiger partial charge in [0.2, 0.25) is 0 Å². The van der Waals surface area contributed by atoms with Crippen molar-refractivity contribution in [3.8, 4) is 0 Å². The minimum Gasteiger partial charge on any atom is -0.342 e. The SMILES string of the molecule is Clc1sc(CCNCCc2nc3ccccc3[nH]2)nc1CNCc1cccnn1. The Kier molecular flexibility index (Phi) is 6.79. The molecule has 0 amide bonds. The summed E-state index contributed by atoms with van der Waals surface area (Å²) < 4.78 is 0.744. The number of thiazole rings is 1. The van der Waals surface area contributed by atoms with Gasteiger partial charge in [-0.05, 0) is 24.3 Å². The number of para-hydroxylation sites is 2. The molecule has 4 aromatic rings. The Bertz CT molecular complexity index is 1010. The molecule has 0 atom stereocenters. The van der Waals surface area contributed by atoms with E-state index in [2.05, 4.69) is 35.8 Å². The van der Waals surface area contributed by atoms with Gasteiger partial charge in [0.05, 0.1) is 27.4 Å². The number of aromatic nitrogens is 5. The van der Waals surface area contributed by atoms with Gasteiger partial charge in [0.1, 0.15) is 10.2 Å². The Morgan fingerprint density at radius 1 is 0.966 bits per heavy atom. The summed E-state index contributed by atoms with van der Waals surface area (Å²) in [6.45, 7) is 2.98. The van der Waals surface area contributed by atoms with Crippen LogP contribution in [0, 0.1) is 0 Å². The highest BCUT2D eigenvalue weighted by Gasteiger charge is 2.09. The Morgan fingerprint density at radius 3 is 2.72 bits per heavy atom. The molecular formula is C20H22ClN7S. The van der Waals surface area contributed by atoms with Crippen molar-refractivity contribution in [2.45, 2.75) is 25.9 Å².